The molecular formula is C13H17NO. The lowest BCUT2D eigenvalue weighted by Crippen LogP contribution is -2.24. The van der Waals surface area contributed by atoms with Crippen LogP contribution < -0.4 is 0 Å². The molecule has 15 heavy (non-hydrogen) atoms. The molecule has 0 spiro atoms. The van der Waals surface area contributed by atoms with Crippen molar-refractivity contribution < 1.29 is 4.79 Å². The SMILES string of the molecule is Cc1cc2n(c1)C1CCC(C)CC1C2=O. The van der Waals surface area contributed by atoms with Crippen molar-refractivity contribution in [1.29, 1.82) is 0 Å². The summed E-state index contributed by atoms with van der Waals surface area (Å²) in [6.07, 6.45) is 5.68. The average molecular weight is 203 g/mol. The molecular weight excluding hydrogens is 186 g/mol. The molecule has 2 heteroatoms. The first kappa shape index (κ1) is 9.20. The Labute approximate surface area is 90.3 Å². The highest BCUT2D eigenvalue weighted by molar-refractivity contribution is 5.99. The number of ketones is 1. The van der Waals surface area contributed by atoms with Crippen LogP contribution in [0.25, 0.3) is 0 Å². The fourth-order valence-corrected chi connectivity index (χ4v) is 3.26. The first-order chi connectivity index (χ1) is 7.16. The molecule has 2 heterocycles. The molecule has 1 aliphatic heterocycles. The second-order valence-corrected chi connectivity index (χ2v) is 5.27. The van der Waals surface area contributed by atoms with Gasteiger partial charge in [-0.25, -0.2) is 0 Å². The number of nitrogens with zero attached hydrogens (tertiary/aromatic N) is 1. The van der Waals surface area contributed by atoms with Crippen molar-refractivity contribution >= 4 is 5.78 Å². The average Bonchev–Trinajstić information content (AvgIpc) is 2.67. The molecule has 1 aromatic rings. The van der Waals surface area contributed by atoms with E-state index in [2.05, 4.69) is 24.6 Å². The van der Waals surface area contributed by atoms with Crippen molar-refractivity contribution in [3.63, 3.8) is 0 Å². The molecule has 2 aliphatic rings. The van der Waals surface area contributed by atoms with E-state index in [4.69, 9.17) is 0 Å². The predicted molar refractivity (Wildman–Crippen MR) is 59.0 cm³/mol. The highest BCUT2D eigenvalue weighted by Crippen LogP contribution is 2.44. The van der Waals surface area contributed by atoms with E-state index < -0.39 is 0 Å². The number of Topliss-reactive ketones (excluding diaryl/α,β-unsaturated/α-hetero) is 1. The lowest BCUT2D eigenvalue weighted by molar-refractivity contribution is 0.0864. The van der Waals surface area contributed by atoms with Gasteiger partial charge < -0.3 is 4.57 Å². The summed E-state index contributed by atoms with van der Waals surface area (Å²) in [7, 11) is 0. The zero-order valence-corrected chi connectivity index (χ0v) is 9.36. The Bertz CT molecular complexity index is 418. The van der Waals surface area contributed by atoms with Gasteiger partial charge in [0.05, 0.1) is 5.69 Å². The van der Waals surface area contributed by atoms with E-state index in [-0.39, 0.29) is 5.92 Å². The summed E-state index contributed by atoms with van der Waals surface area (Å²) in [5, 5.41) is 0. The highest BCUT2D eigenvalue weighted by Gasteiger charge is 2.42. The molecule has 1 fully saturated rings. The van der Waals surface area contributed by atoms with Gasteiger partial charge in [-0.2, -0.15) is 0 Å². The van der Waals surface area contributed by atoms with Crippen LogP contribution in [0.1, 0.15) is 48.3 Å². The Kier molecular flexibility index (Phi) is 1.82. The number of aromatic nitrogens is 1. The van der Waals surface area contributed by atoms with Crippen LogP contribution in [0.4, 0.5) is 0 Å². The minimum Gasteiger partial charge on any atom is -0.341 e. The standard InChI is InChI=1S/C13H17NO/c1-8-3-4-11-10(5-8)13(15)12-6-9(2)7-14(11)12/h6-8,10-11H,3-5H2,1-2H3. The van der Waals surface area contributed by atoms with Crippen LogP contribution in [0.2, 0.25) is 0 Å². The predicted octanol–water partition coefficient (Wildman–Crippen LogP) is 2.97. The summed E-state index contributed by atoms with van der Waals surface area (Å²) in [5.41, 5.74) is 2.17. The van der Waals surface area contributed by atoms with Crippen LogP contribution >= 0.6 is 0 Å². The second-order valence-electron chi connectivity index (χ2n) is 5.27. The van der Waals surface area contributed by atoms with Crippen molar-refractivity contribution in [3.8, 4) is 0 Å². The smallest absolute Gasteiger partial charge is 0.184 e. The van der Waals surface area contributed by atoms with Gasteiger partial charge in [-0.3, -0.25) is 4.79 Å². The molecule has 2 nitrogen and oxygen atoms in total. The maximum atomic E-state index is 12.2. The van der Waals surface area contributed by atoms with Gasteiger partial charge in [0, 0.05) is 18.2 Å². The fraction of sp³-hybridized carbons (Fsp3) is 0.615. The van der Waals surface area contributed by atoms with E-state index in [0.717, 1.165) is 18.0 Å². The molecule has 0 radical (unpaired) electrons. The largest absolute Gasteiger partial charge is 0.341 e. The number of carbonyl (C=O) groups excluding carboxylic acids is 1. The van der Waals surface area contributed by atoms with Crippen LogP contribution in [0.3, 0.4) is 0 Å². The molecule has 0 saturated heterocycles. The van der Waals surface area contributed by atoms with Crippen LogP contribution in [-0.2, 0) is 0 Å². The van der Waals surface area contributed by atoms with Crippen molar-refractivity contribution in [2.75, 3.05) is 0 Å². The van der Waals surface area contributed by atoms with Crippen LogP contribution in [-0.4, -0.2) is 10.4 Å². The first-order valence-corrected chi connectivity index (χ1v) is 5.89. The first-order valence-electron chi connectivity index (χ1n) is 5.89. The minimum atomic E-state index is 0.282. The molecule has 80 valence electrons. The van der Waals surface area contributed by atoms with E-state index in [0.29, 0.717) is 11.8 Å². The van der Waals surface area contributed by atoms with Crippen LogP contribution in [0.15, 0.2) is 12.3 Å². The topological polar surface area (TPSA) is 22.0 Å². The highest BCUT2D eigenvalue weighted by atomic mass is 16.1. The number of aryl methyl sites for hydroxylation is 1. The van der Waals surface area contributed by atoms with Gasteiger partial charge in [0.25, 0.3) is 0 Å². The third-order valence-corrected chi connectivity index (χ3v) is 4.01. The lowest BCUT2D eigenvalue weighted by Gasteiger charge is -2.29. The molecule has 1 saturated carbocycles. The van der Waals surface area contributed by atoms with E-state index >= 15 is 0 Å². The molecule has 0 aromatic carbocycles. The quantitative estimate of drug-likeness (QED) is 0.635. The molecule has 1 aliphatic carbocycles. The van der Waals surface area contributed by atoms with E-state index in [9.17, 15) is 4.79 Å². The Morgan fingerprint density at radius 2 is 2.20 bits per heavy atom. The zero-order valence-electron chi connectivity index (χ0n) is 9.36. The number of fused-ring (bicyclic) bond motifs is 3. The third-order valence-electron chi connectivity index (χ3n) is 4.01. The van der Waals surface area contributed by atoms with Gasteiger partial charge in [0.2, 0.25) is 0 Å². The number of hydrogen-bond acceptors (Lipinski definition) is 1. The maximum absolute atomic E-state index is 12.2. The van der Waals surface area contributed by atoms with E-state index in [1.165, 1.54) is 18.4 Å². The zero-order chi connectivity index (χ0) is 10.6. The van der Waals surface area contributed by atoms with Gasteiger partial charge >= 0.3 is 0 Å². The van der Waals surface area contributed by atoms with Crippen LogP contribution in [0, 0.1) is 18.8 Å². The summed E-state index contributed by atoms with van der Waals surface area (Å²) in [6.45, 7) is 4.33. The minimum absolute atomic E-state index is 0.282. The van der Waals surface area contributed by atoms with Gasteiger partial charge in [-0.15, -0.1) is 0 Å². The molecule has 1 aromatic heterocycles. The molecule has 3 unspecified atom stereocenters. The number of hydrogen-bond donors (Lipinski definition) is 0. The van der Waals surface area contributed by atoms with Crippen molar-refractivity contribution in [2.45, 2.75) is 39.2 Å². The van der Waals surface area contributed by atoms with Gasteiger partial charge in [0.15, 0.2) is 5.78 Å². The molecule has 0 bridgehead atoms. The number of carbonyl (C=O) groups is 1. The summed E-state index contributed by atoms with van der Waals surface area (Å²) in [6, 6.07) is 2.52. The normalized spacial score (nSPS) is 34.0. The Hall–Kier alpha value is -1.05. The van der Waals surface area contributed by atoms with Gasteiger partial charge in [-0.05, 0) is 43.7 Å². The summed E-state index contributed by atoms with van der Waals surface area (Å²) < 4.78 is 2.23. The Balaban J connectivity index is 2.02. The maximum Gasteiger partial charge on any atom is 0.184 e. The Morgan fingerprint density at radius 1 is 1.40 bits per heavy atom. The Morgan fingerprint density at radius 3 is 3.00 bits per heavy atom. The van der Waals surface area contributed by atoms with Crippen LogP contribution in [0.5, 0.6) is 0 Å². The van der Waals surface area contributed by atoms with E-state index in [1.807, 2.05) is 6.07 Å². The van der Waals surface area contributed by atoms with Crippen molar-refractivity contribution in [3.05, 3.63) is 23.5 Å². The lowest BCUT2D eigenvalue weighted by atomic mass is 9.78. The number of rotatable bonds is 0. The molecule has 3 atom stereocenters. The van der Waals surface area contributed by atoms with Crippen molar-refractivity contribution in [1.82, 2.24) is 4.57 Å². The third kappa shape index (κ3) is 1.20. The van der Waals surface area contributed by atoms with E-state index in [1.54, 1.807) is 0 Å². The summed E-state index contributed by atoms with van der Waals surface area (Å²) in [4.78, 5) is 12.2. The van der Waals surface area contributed by atoms with Gasteiger partial charge in [-0.1, -0.05) is 6.92 Å². The second kappa shape index (κ2) is 2.97. The molecule has 0 amide bonds. The fourth-order valence-electron chi connectivity index (χ4n) is 3.26. The van der Waals surface area contributed by atoms with Crippen molar-refractivity contribution in [2.24, 2.45) is 11.8 Å². The monoisotopic (exact) mass is 203 g/mol. The molecule has 3 rings (SSSR count). The van der Waals surface area contributed by atoms with Gasteiger partial charge in [0.1, 0.15) is 0 Å². The molecule has 0 N–H and O–H groups in total. The summed E-state index contributed by atoms with van der Waals surface area (Å²) in [5.74, 6) is 1.39. The summed E-state index contributed by atoms with van der Waals surface area (Å²) >= 11 is 0.